The summed E-state index contributed by atoms with van der Waals surface area (Å²) >= 11 is 8.89. The number of hydrogen-bond acceptors (Lipinski definition) is 1. The van der Waals surface area contributed by atoms with Crippen molar-refractivity contribution in [2.45, 2.75) is 26.8 Å². The first-order chi connectivity index (χ1) is 10.0. The zero-order valence-electron chi connectivity index (χ0n) is 12.1. The maximum atomic E-state index is 5.81. The summed E-state index contributed by atoms with van der Waals surface area (Å²) in [7, 11) is 0. The predicted octanol–water partition coefficient (Wildman–Crippen LogP) is 2.16. The van der Waals surface area contributed by atoms with Crippen LogP contribution in [0.25, 0.3) is 10.9 Å². The monoisotopic (exact) mass is 687 g/mol. The van der Waals surface area contributed by atoms with E-state index < -0.39 is 0 Å². The standard InChI is InChI=1S/C15H17BrNO.I3/c1-9-4-11(3)15-13(5-9)10(2)6-14-17(15)12(7-16)8-18-14;1-3-2/h4-6,12H,7-8H2,1-3H3;/q+1;-1. The van der Waals surface area contributed by atoms with Crippen LogP contribution in [0.1, 0.15) is 22.7 Å². The third-order valence-corrected chi connectivity index (χ3v) is 4.40. The molecule has 0 N–H and O–H groups in total. The van der Waals surface area contributed by atoms with Gasteiger partial charge in [0.05, 0.1) is 16.8 Å². The fraction of sp³-hybridized carbons (Fsp3) is 0.400. The second-order valence-electron chi connectivity index (χ2n) is 5.19. The molecule has 1 unspecified atom stereocenters. The van der Waals surface area contributed by atoms with Crippen molar-refractivity contribution in [2.24, 2.45) is 0 Å². The van der Waals surface area contributed by atoms with Gasteiger partial charge in [-0.3, -0.25) is 0 Å². The Kier molecular flexibility index (Phi) is 7.26. The molecule has 0 aliphatic carbocycles. The fourth-order valence-corrected chi connectivity index (χ4v) is 3.34. The first kappa shape index (κ1) is 18.4. The molecule has 0 saturated carbocycles. The summed E-state index contributed by atoms with van der Waals surface area (Å²) in [6.07, 6.45) is 0. The molecule has 0 radical (unpaired) electrons. The van der Waals surface area contributed by atoms with Crippen LogP contribution in [0.15, 0.2) is 18.2 Å². The second-order valence-corrected chi connectivity index (χ2v) is 22.1. The Morgan fingerprint density at radius 3 is 2.52 bits per heavy atom. The van der Waals surface area contributed by atoms with Gasteiger partial charge < -0.3 is 4.74 Å². The second kappa shape index (κ2) is 8.27. The first-order valence-corrected chi connectivity index (χ1v) is 20.2. The Hall–Kier alpha value is 1.10. The van der Waals surface area contributed by atoms with Gasteiger partial charge in [-0.15, -0.1) is 0 Å². The number of ether oxygens (including phenoxy) is 1. The van der Waals surface area contributed by atoms with Gasteiger partial charge in [0.25, 0.3) is 0 Å². The first-order valence-electron chi connectivity index (χ1n) is 6.55. The average Bonchev–Trinajstić information content (AvgIpc) is 2.82. The van der Waals surface area contributed by atoms with E-state index in [0.29, 0.717) is 19.3 Å². The molecule has 1 aliphatic heterocycles. The van der Waals surface area contributed by atoms with E-state index in [4.69, 9.17) is 4.74 Å². The normalized spacial score (nSPS) is 16.4. The van der Waals surface area contributed by atoms with Crippen LogP contribution in [0.2, 0.25) is 0 Å². The molecule has 21 heavy (non-hydrogen) atoms. The molecule has 2 heterocycles. The minimum atomic E-state index is 0.393. The molecule has 0 saturated heterocycles. The molecule has 1 atom stereocenters. The van der Waals surface area contributed by atoms with Crippen molar-refractivity contribution >= 4 is 64.1 Å². The topological polar surface area (TPSA) is 13.1 Å². The summed E-state index contributed by atoms with van der Waals surface area (Å²) < 4.78 is 8.15. The van der Waals surface area contributed by atoms with Crippen molar-refractivity contribution in [3.63, 3.8) is 0 Å². The van der Waals surface area contributed by atoms with E-state index in [9.17, 15) is 0 Å². The van der Waals surface area contributed by atoms with Crippen LogP contribution in [0.3, 0.4) is 0 Å². The van der Waals surface area contributed by atoms with E-state index in [2.05, 4.69) is 96.7 Å². The van der Waals surface area contributed by atoms with Crippen molar-refractivity contribution in [3.8, 4) is 5.88 Å². The molecule has 2 aromatic rings. The SMILES string of the molecule is Cc1cc(C)c2c(c1)c(C)cc1[n+]2C(CBr)CO1.I[I-]I. The summed E-state index contributed by atoms with van der Waals surface area (Å²) in [5.74, 6) is 0.997. The Balaban J connectivity index is 0.000000497. The van der Waals surface area contributed by atoms with Crippen LogP contribution in [0.4, 0.5) is 0 Å². The number of pyridine rings is 1. The van der Waals surface area contributed by atoms with Gasteiger partial charge in [0.15, 0.2) is 6.61 Å². The third kappa shape index (κ3) is 3.96. The van der Waals surface area contributed by atoms with Crippen molar-refractivity contribution in [1.29, 1.82) is 0 Å². The van der Waals surface area contributed by atoms with Crippen molar-refractivity contribution in [2.75, 3.05) is 11.9 Å². The van der Waals surface area contributed by atoms with Gasteiger partial charge in [0.2, 0.25) is 11.6 Å². The molecule has 1 aromatic carbocycles. The van der Waals surface area contributed by atoms with Crippen molar-refractivity contribution < 1.29 is 22.6 Å². The van der Waals surface area contributed by atoms with Crippen LogP contribution < -0.4 is 22.6 Å². The third-order valence-electron chi connectivity index (χ3n) is 3.65. The number of fused-ring (bicyclic) bond motifs is 3. The van der Waals surface area contributed by atoms with E-state index in [-0.39, 0.29) is 0 Å². The van der Waals surface area contributed by atoms with Crippen molar-refractivity contribution in [3.05, 3.63) is 34.9 Å². The maximum absolute atomic E-state index is 5.81. The van der Waals surface area contributed by atoms with Crippen LogP contribution in [0.5, 0.6) is 5.88 Å². The van der Waals surface area contributed by atoms with Gasteiger partial charge >= 0.3 is 56.4 Å². The zero-order valence-corrected chi connectivity index (χ0v) is 20.1. The van der Waals surface area contributed by atoms with Gasteiger partial charge in [0.1, 0.15) is 0 Å². The molecular formula is C15H17BrI3NO. The van der Waals surface area contributed by atoms with Gasteiger partial charge in [-0.25, -0.2) is 0 Å². The predicted molar refractivity (Wildman–Crippen MR) is 105 cm³/mol. The Bertz CT molecular complexity index is 663. The number of benzene rings is 1. The number of hydrogen-bond donors (Lipinski definition) is 0. The van der Waals surface area contributed by atoms with E-state index in [1.165, 1.54) is 27.6 Å². The molecule has 3 rings (SSSR count). The number of nitrogens with zero attached hydrogens (tertiary/aromatic N) is 1. The molecule has 1 aromatic heterocycles. The summed E-state index contributed by atoms with van der Waals surface area (Å²) in [6.45, 7) is 7.26. The van der Waals surface area contributed by atoms with Crippen LogP contribution >= 0.6 is 53.2 Å². The number of aryl methyl sites for hydroxylation is 3. The van der Waals surface area contributed by atoms with E-state index >= 15 is 0 Å². The fourth-order valence-electron chi connectivity index (χ4n) is 2.87. The minimum absolute atomic E-state index is 0.393. The molecule has 6 heteroatoms. The molecule has 1 aliphatic rings. The summed E-state index contributed by atoms with van der Waals surface area (Å²) in [6, 6.07) is 7.07. The number of halogens is 4. The van der Waals surface area contributed by atoms with Crippen LogP contribution in [-0.4, -0.2) is 11.9 Å². The van der Waals surface area contributed by atoms with E-state index in [1.807, 2.05) is 0 Å². The van der Waals surface area contributed by atoms with Gasteiger partial charge in [-0.05, 0) is 44.0 Å². The Labute approximate surface area is 164 Å². The summed E-state index contributed by atoms with van der Waals surface area (Å²) in [5, 5.41) is 2.27. The molecule has 0 bridgehead atoms. The van der Waals surface area contributed by atoms with Crippen LogP contribution in [0, 0.1) is 20.8 Å². The molecular weight excluding hydrogens is 671 g/mol. The van der Waals surface area contributed by atoms with Gasteiger partial charge in [0, 0.05) is 5.56 Å². The summed E-state index contributed by atoms with van der Waals surface area (Å²) in [5.41, 5.74) is 5.25. The molecule has 116 valence electrons. The van der Waals surface area contributed by atoms with Gasteiger partial charge in [-0.2, -0.15) is 4.57 Å². The number of aromatic nitrogens is 1. The molecule has 0 fully saturated rings. The molecule has 0 amide bonds. The Morgan fingerprint density at radius 1 is 1.24 bits per heavy atom. The summed E-state index contributed by atoms with van der Waals surface area (Å²) in [4.78, 5) is 0. The molecule has 2 nitrogen and oxygen atoms in total. The number of alkyl halides is 1. The van der Waals surface area contributed by atoms with E-state index in [0.717, 1.165) is 17.8 Å². The van der Waals surface area contributed by atoms with Crippen LogP contribution in [-0.2, 0) is 0 Å². The number of rotatable bonds is 1. The van der Waals surface area contributed by atoms with E-state index in [1.54, 1.807) is 0 Å². The quantitative estimate of drug-likeness (QED) is 0.255. The Morgan fingerprint density at radius 2 is 1.90 bits per heavy atom. The zero-order chi connectivity index (χ0) is 15.6. The molecule has 0 spiro atoms. The average molecular weight is 688 g/mol. The van der Waals surface area contributed by atoms with Crippen molar-refractivity contribution in [1.82, 2.24) is 0 Å². The van der Waals surface area contributed by atoms with Gasteiger partial charge in [-0.1, -0.05) is 15.9 Å².